The number of nitrogens with zero attached hydrogens (tertiary/aromatic N) is 5. The van der Waals surface area contributed by atoms with E-state index in [1.807, 2.05) is 49.3 Å². The first-order valence-electron chi connectivity index (χ1n) is 11.8. The monoisotopic (exact) mass is 506 g/mol. The summed E-state index contributed by atoms with van der Waals surface area (Å²) in [7, 11) is 3.71. The zero-order valence-corrected chi connectivity index (χ0v) is 21.2. The van der Waals surface area contributed by atoms with Crippen LogP contribution in [0.4, 0.5) is 20.8 Å². The highest BCUT2D eigenvalue weighted by Gasteiger charge is 2.25. The van der Waals surface area contributed by atoms with Crippen LogP contribution in [0, 0.1) is 5.82 Å². The van der Waals surface area contributed by atoms with E-state index in [1.54, 1.807) is 6.08 Å². The van der Waals surface area contributed by atoms with Crippen LogP contribution < -0.4 is 15.1 Å². The van der Waals surface area contributed by atoms with Gasteiger partial charge in [0.2, 0.25) is 5.95 Å². The van der Waals surface area contributed by atoms with Crippen LogP contribution in [-0.2, 0) is 4.79 Å². The molecule has 8 nitrogen and oxygen atoms in total. The Balaban J connectivity index is 1.55. The minimum absolute atomic E-state index is 0.286. The number of halogens is 1. The Morgan fingerprint density at radius 1 is 1.08 bits per heavy atom. The summed E-state index contributed by atoms with van der Waals surface area (Å²) in [6.45, 7) is 6.56. The van der Waals surface area contributed by atoms with Crippen molar-refractivity contribution in [3.8, 4) is 11.3 Å². The average molecular weight is 507 g/mol. The number of rotatable bonds is 5. The lowest BCUT2D eigenvalue weighted by Gasteiger charge is -2.35. The highest BCUT2D eigenvalue weighted by Crippen LogP contribution is 2.33. The number of fused-ring (bicyclic) bond motifs is 1. The fourth-order valence-electron chi connectivity index (χ4n) is 4.43. The van der Waals surface area contributed by atoms with Gasteiger partial charge in [0, 0.05) is 51.2 Å². The predicted octanol–water partition coefficient (Wildman–Crippen LogP) is 3.97. The minimum Gasteiger partial charge on any atom is -0.367 e. The topological polar surface area (TPSA) is 81.7 Å². The van der Waals surface area contributed by atoms with Crippen molar-refractivity contribution in [3.63, 3.8) is 0 Å². The molecule has 2 saturated heterocycles. The first-order chi connectivity index (χ1) is 17.3. The van der Waals surface area contributed by atoms with Gasteiger partial charge >= 0.3 is 0 Å². The van der Waals surface area contributed by atoms with Crippen molar-refractivity contribution in [2.75, 3.05) is 56.6 Å². The van der Waals surface area contributed by atoms with E-state index in [4.69, 9.17) is 4.98 Å². The quantitative estimate of drug-likeness (QED) is 0.521. The number of carbonyl (C=O) groups is 2. The fraction of sp³-hybridized carbons (Fsp3) is 0.308. The lowest BCUT2D eigenvalue weighted by molar-refractivity contribution is -0.115. The Kier molecular flexibility index (Phi) is 6.63. The highest BCUT2D eigenvalue weighted by molar-refractivity contribution is 8.18. The maximum absolute atomic E-state index is 15.4. The summed E-state index contributed by atoms with van der Waals surface area (Å²) in [4.78, 5) is 39.5. The lowest BCUT2D eigenvalue weighted by Crippen LogP contribution is -2.46. The summed E-state index contributed by atoms with van der Waals surface area (Å²) in [6.07, 6.45) is 1.66. The molecule has 2 aromatic carbocycles. The molecule has 10 heteroatoms. The van der Waals surface area contributed by atoms with Gasteiger partial charge in [0.25, 0.3) is 11.1 Å². The normalized spacial score (nSPS) is 17.8. The van der Waals surface area contributed by atoms with Gasteiger partial charge in [-0.1, -0.05) is 19.1 Å². The number of benzene rings is 2. The van der Waals surface area contributed by atoms with E-state index in [-0.39, 0.29) is 5.82 Å². The van der Waals surface area contributed by atoms with Crippen molar-refractivity contribution in [2.24, 2.45) is 0 Å². The molecular formula is C26H27FN6O2S. The van der Waals surface area contributed by atoms with Crippen molar-refractivity contribution in [3.05, 3.63) is 52.7 Å². The van der Waals surface area contributed by atoms with Gasteiger partial charge in [-0.25, -0.2) is 14.4 Å². The fourth-order valence-corrected chi connectivity index (χ4v) is 5.11. The molecule has 3 aromatic rings. The second-order valence-electron chi connectivity index (χ2n) is 8.98. The molecule has 36 heavy (non-hydrogen) atoms. The molecule has 2 amide bonds. The molecule has 3 heterocycles. The third kappa shape index (κ3) is 4.78. The van der Waals surface area contributed by atoms with E-state index in [0.29, 0.717) is 33.3 Å². The molecule has 2 fully saturated rings. The number of aromatic nitrogens is 2. The van der Waals surface area contributed by atoms with Crippen LogP contribution >= 0.6 is 11.8 Å². The summed E-state index contributed by atoms with van der Waals surface area (Å²) < 4.78 is 15.4. The van der Waals surface area contributed by atoms with E-state index in [1.165, 1.54) is 6.07 Å². The second kappa shape index (κ2) is 9.87. The van der Waals surface area contributed by atoms with Gasteiger partial charge in [-0.15, -0.1) is 0 Å². The number of imide groups is 1. The maximum atomic E-state index is 15.4. The molecule has 0 bridgehead atoms. The summed E-state index contributed by atoms with van der Waals surface area (Å²) in [5, 5.41) is 2.60. The van der Waals surface area contributed by atoms with Gasteiger partial charge in [-0.2, -0.15) is 0 Å². The second-order valence-corrected chi connectivity index (χ2v) is 10.00. The van der Waals surface area contributed by atoms with Crippen molar-refractivity contribution in [1.82, 2.24) is 20.2 Å². The number of carbonyl (C=O) groups excluding carboxylic acids is 2. The van der Waals surface area contributed by atoms with Crippen molar-refractivity contribution in [1.29, 1.82) is 0 Å². The van der Waals surface area contributed by atoms with E-state index < -0.39 is 11.1 Å². The smallest absolute Gasteiger partial charge is 0.290 e. The lowest BCUT2D eigenvalue weighted by atomic mass is 10.0. The van der Waals surface area contributed by atoms with Gasteiger partial charge < -0.3 is 14.7 Å². The number of hydrogen-bond acceptors (Lipinski definition) is 8. The molecule has 1 aromatic heterocycles. The first-order valence-corrected chi connectivity index (χ1v) is 12.6. The molecule has 1 N–H and O–H groups in total. The number of thioether (sulfide) groups is 1. The summed E-state index contributed by atoms with van der Waals surface area (Å²) in [6, 6.07) is 10.8. The Hall–Kier alpha value is -3.50. The minimum atomic E-state index is -0.415. The van der Waals surface area contributed by atoms with Crippen LogP contribution in [0.3, 0.4) is 0 Å². The molecule has 186 valence electrons. The number of likely N-dealkylation sites (N-methyl/N-ethyl adjacent to an activating group) is 1. The molecule has 0 saturated carbocycles. The third-order valence-corrected chi connectivity index (χ3v) is 7.24. The van der Waals surface area contributed by atoms with Gasteiger partial charge in [0.15, 0.2) is 0 Å². The van der Waals surface area contributed by atoms with Crippen LogP contribution in [0.25, 0.3) is 28.2 Å². The zero-order chi connectivity index (χ0) is 25.4. The number of nitrogens with one attached hydrogen (secondary N) is 1. The van der Waals surface area contributed by atoms with Gasteiger partial charge in [0.1, 0.15) is 5.82 Å². The Bertz CT molecular complexity index is 1380. The van der Waals surface area contributed by atoms with E-state index >= 15 is 4.39 Å². The Labute approximate surface area is 213 Å². The molecule has 0 radical (unpaired) electrons. The van der Waals surface area contributed by atoms with Crippen LogP contribution in [0.15, 0.2) is 41.3 Å². The van der Waals surface area contributed by atoms with Gasteiger partial charge in [-0.05, 0) is 54.2 Å². The van der Waals surface area contributed by atoms with Crippen LogP contribution in [0.5, 0.6) is 0 Å². The predicted molar refractivity (Wildman–Crippen MR) is 143 cm³/mol. The molecule has 0 aliphatic carbocycles. The molecule has 2 aliphatic heterocycles. The summed E-state index contributed by atoms with van der Waals surface area (Å²) in [5.74, 6) is -0.187. The van der Waals surface area contributed by atoms with Gasteiger partial charge in [-0.3, -0.25) is 14.9 Å². The molecule has 0 spiro atoms. The molecular weight excluding hydrogens is 479 g/mol. The number of piperazine rings is 1. The highest BCUT2D eigenvalue weighted by atomic mass is 32.2. The zero-order valence-electron chi connectivity index (χ0n) is 20.4. The average Bonchev–Trinajstić information content (AvgIpc) is 3.19. The number of hydrogen-bond donors (Lipinski definition) is 1. The van der Waals surface area contributed by atoms with Crippen molar-refractivity contribution in [2.45, 2.75) is 6.92 Å². The Morgan fingerprint density at radius 3 is 2.50 bits per heavy atom. The molecule has 0 atom stereocenters. The van der Waals surface area contributed by atoms with Crippen LogP contribution in [0.1, 0.15) is 12.5 Å². The standard InChI is InChI=1S/C26H27FN6O2S/c1-4-32-9-11-33(12-10-32)21-8-6-17(15-19(21)27)23-18-13-16(14-22-24(34)30-26(35)36-22)5-7-20(18)28-25(29-23)31(2)3/h5-8,13-15H,4,9-12H2,1-3H3,(H,30,34,35). The van der Waals surface area contributed by atoms with Crippen molar-refractivity contribution < 1.29 is 14.0 Å². The summed E-state index contributed by atoms with van der Waals surface area (Å²) in [5.41, 5.74) is 3.27. The Morgan fingerprint density at radius 2 is 1.86 bits per heavy atom. The van der Waals surface area contributed by atoms with E-state index in [9.17, 15) is 9.59 Å². The molecule has 0 unspecified atom stereocenters. The van der Waals surface area contributed by atoms with Crippen molar-refractivity contribution >= 4 is 51.5 Å². The number of amides is 2. The largest absolute Gasteiger partial charge is 0.367 e. The molecule has 5 rings (SSSR count). The van der Waals surface area contributed by atoms with Gasteiger partial charge in [0.05, 0.1) is 21.8 Å². The van der Waals surface area contributed by atoms with E-state index in [2.05, 4.69) is 27.0 Å². The maximum Gasteiger partial charge on any atom is 0.290 e. The summed E-state index contributed by atoms with van der Waals surface area (Å²) >= 11 is 0.866. The SMILES string of the molecule is CCN1CCN(c2ccc(-c3nc(N(C)C)nc4ccc(C=C5SC(=O)NC5=O)cc34)cc2F)CC1. The number of anilines is 2. The van der Waals surface area contributed by atoms with Crippen LogP contribution in [0.2, 0.25) is 0 Å². The molecule has 2 aliphatic rings. The van der Waals surface area contributed by atoms with Crippen LogP contribution in [-0.4, -0.2) is 72.8 Å². The third-order valence-electron chi connectivity index (χ3n) is 6.43. The first kappa shape index (κ1) is 24.2. The van der Waals surface area contributed by atoms with E-state index in [0.717, 1.165) is 55.4 Å².